The Morgan fingerprint density at radius 1 is 1.06 bits per heavy atom. The van der Waals surface area contributed by atoms with Gasteiger partial charge >= 0.3 is 6.09 Å². The minimum absolute atomic E-state index is 0.0732. The standard InChI is InChI=1S/C25H28FN3O3/c1-27-24(30)19-4-7-21-18(14-19)10-13-29(23(21)17-2-5-20(26)6-3-17)25(31)32-22-15-28-11-8-16(22)9-12-28/h2-7,14,16,22-23H,8-13,15H2,1H3,(H,27,30)/t22-,23-/m1/s1. The van der Waals surface area contributed by atoms with Crippen LogP contribution < -0.4 is 5.32 Å². The van der Waals surface area contributed by atoms with Gasteiger partial charge < -0.3 is 10.1 Å². The molecule has 2 amide bonds. The van der Waals surface area contributed by atoms with Crippen molar-refractivity contribution in [1.82, 2.24) is 15.1 Å². The Balaban J connectivity index is 1.46. The maximum absolute atomic E-state index is 13.6. The summed E-state index contributed by atoms with van der Waals surface area (Å²) in [7, 11) is 1.61. The Labute approximate surface area is 187 Å². The van der Waals surface area contributed by atoms with E-state index in [9.17, 15) is 14.0 Å². The number of benzene rings is 2. The number of fused-ring (bicyclic) bond motifs is 4. The summed E-state index contributed by atoms with van der Waals surface area (Å²) in [6.07, 6.45) is 2.39. The molecule has 2 aromatic carbocycles. The highest BCUT2D eigenvalue weighted by Crippen LogP contribution is 2.37. The third-order valence-corrected chi connectivity index (χ3v) is 7.13. The monoisotopic (exact) mass is 437 g/mol. The molecule has 0 saturated carbocycles. The van der Waals surface area contributed by atoms with Crippen LogP contribution in [-0.4, -0.2) is 61.1 Å². The molecule has 6 nitrogen and oxygen atoms in total. The Kier molecular flexibility index (Phi) is 5.59. The molecule has 6 rings (SSSR count). The quantitative estimate of drug-likeness (QED) is 0.800. The minimum Gasteiger partial charge on any atom is -0.444 e. The number of ether oxygens (including phenoxy) is 1. The molecule has 0 spiro atoms. The van der Waals surface area contributed by atoms with Crippen LogP contribution in [0, 0.1) is 11.7 Å². The zero-order valence-electron chi connectivity index (χ0n) is 18.2. The fourth-order valence-corrected chi connectivity index (χ4v) is 5.36. The maximum Gasteiger partial charge on any atom is 0.410 e. The number of piperidine rings is 3. The van der Waals surface area contributed by atoms with Gasteiger partial charge in [0.25, 0.3) is 5.91 Å². The number of hydrogen-bond acceptors (Lipinski definition) is 4. The van der Waals surface area contributed by atoms with Crippen molar-refractivity contribution in [2.75, 3.05) is 33.2 Å². The van der Waals surface area contributed by atoms with Gasteiger partial charge in [-0.15, -0.1) is 0 Å². The lowest BCUT2D eigenvalue weighted by atomic mass is 9.85. The zero-order valence-corrected chi connectivity index (χ0v) is 18.2. The molecule has 32 heavy (non-hydrogen) atoms. The van der Waals surface area contributed by atoms with Gasteiger partial charge in [0.2, 0.25) is 0 Å². The van der Waals surface area contributed by atoms with E-state index in [1.807, 2.05) is 12.1 Å². The van der Waals surface area contributed by atoms with Gasteiger partial charge in [-0.05, 0) is 79.2 Å². The van der Waals surface area contributed by atoms with Gasteiger partial charge in [0, 0.05) is 25.7 Å². The van der Waals surface area contributed by atoms with Crippen molar-refractivity contribution >= 4 is 12.0 Å². The second-order valence-corrected chi connectivity index (χ2v) is 8.95. The summed E-state index contributed by atoms with van der Waals surface area (Å²) in [6.45, 7) is 3.45. The highest BCUT2D eigenvalue weighted by Gasteiger charge is 2.39. The van der Waals surface area contributed by atoms with E-state index in [0.717, 1.165) is 49.2 Å². The van der Waals surface area contributed by atoms with Gasteiger partial charge in [-0.1, -0.05) is 18.2 Å². The molecule has 2 atom stereocenters. The summed E-state index contributed by atoms with van der Waals surface area (Å²) in [5.41, 5.74) is 3.38. The third-order valence-electron chi connectivity index (χ3n) is 7.13. The molecular weight excluding hydrogens is 409 g/mol. The topological polar surface area (TPSA) is 61.9 Å². The Morgan fingerprint density at radius 2 is 1.81 bits per heavy atom. The summed E-state index contributed by atoms with van der Waals surface area (Å²) in [4.78, 5) is 29.6. The van der Waals surface area contributed by atoms with Gasteiger partial charge in [-0.2, -0.15) is 0 Å². The molecule has 2 aromatic rings. The van der Waals surface area contributed by atoms with Gasteiger partial charge in [-0.3, -0.25) is 14.6 Å². The van der Waals surface area contributed by atoms with E-state index in [1.54, 1.807) is 30.1 Å². The highest BCUT2D eigenvalue weighted by atomic mass is 19.1. The summed E-state index contributed by atoms with van der Waals surface area (Å²) in [5.74, 6) is -0.0307. The predicted molar refractivity (Wildman–Crippen MR) is 118 cm³/mol. The number of carbonyl (C=O) groups excluding carboxylic acids is 2. The molecular formula is C25H28FN3O3. The van der Waals surface area contributed by atoms with Crippen LogP contribution in [0.5, 0.6) is 0 Å². The first-order valence-electron chi connectivity index (χ1n) is 11.3. The normalized spacial score (nSPS) is 26.4. The van der Waals surface area contributed by atoms with E-state index in [0.29, 0.717) is 24.4 Å². The van der Waals surface area contributed by atoms with Crippen LogP contribution in [-0.2, 0) is 11.2 Å². The molecule has 3 fully saturated rings. The molecule has 4 heterocycles. The first kappa shape index (κ1) is 20.9. The molecule has 4 aliphatic rings. The molecule has 168 valence electrons. The van der Waals surface area contributed by atoms with Crippen molar-refractivity contribution in [1.29, 1.82) is 0 Å². The minimum atomic E-state index is -0.383. The van der Waals surface area contributed by atoms with Crippen LogP contribution in [0.25, 0.3) is 0 Å². The zero-order chi connectivity index (χ0) is 22.2. The van der Waals surface area contributed by atoms with Crippen LogP contribution in [0.1, 0.15) is 45.9 Å². The highest BCUT2D eigenvalue weighted by molar-refractivity contribution is 5.94. The third kappa shape index (κ3) is 3.86. The second-order valence-electron chi connectivity index (χ2n) is 8.95. The number of carbonyl (C=O) groups is 2. The first-order chi connectivity index (χ1) is 15.5. The molecule has 2 bridgehead atoms. The van der Waals surface area contributed by atoms with Crippen molar-refractivity contribution in [2.24, 2.45) is 5.92 Å². The molecule has 4 aliphatic heterocycles. The Bertz CT molecular complexity index is 1020. The number of halogens is 1. The molecule has 3 saturated heterocycles. The lowest BCUT2D eigenvalue weighted by molar-refractivity contribution is -0.0462. The van der Waals surface area contributed by atoms with Crippen molar-refractivity contribution in [2.45, 2.75) is 31.4 Å². The van der Waals surface area contributed by atoms with Crippen molar-refractivity contribution in [3.8, 4) is 0 Å². The molecule has 0 aromatic heterocycles. The van der Waals surface area contributed by atoms with Crippen molar-refractivity contribution in [3.63, 3.8) is 0 Å². The van der Waals surface area contributed by atoms with Gasteiger partial charge in [0.1, 0.15) is 11.9 Å². The molecule has 0 radical (unpaired) electrons. The molecule has 1 N–H and O–H groups in total. The number of rotatable bonds is 3. The number of nitrogens with zero attached hydrogens (tertiary/aromatic N) is 2. The SMILES string of the molecule is CNC(=O)c1ccc2c(c1)CCN(C(=O)O[C@@H]1CN3CCC1CC3)[C@@H]2c1ccc(F)cc1. The average molecular weight is 438 g/mol. The van der Waals surface area contributed by atoms with E-state index in [-0.39, 0.29) is 30.0 Å². The van der Waals surface area contributed by atoms with Gasteiger partial charge in [0.05, 0.1) is 6.04 Å². The van der Waals surface area contributed by atoms with Crippen molar-refractivity contribution in [3.05, 3.63) is 70.5 Å². The van der Waals surface area contributed by atoms with Crippen LogP contribution in [0.3, 0.4) is 0 Å². The fourth-order valence-electron chi connectivity index (χ4n) is 5.36. The summed E-state index contributed by atoms with van der Waals surface area (Å²) in [6, 6.07) is 11.5. The number of amides is 2. The predicted octanol–water partition coefficient (Wildman–Crippen LogP) is 3.36. The Hall–Kier alpha value is -2.93. The van der Waals surface area contributed by atoms with Gasteiger partial charge in [-0.25, -0.2) is 9.18 Å². The van der Waals surface area contributed by atoms with Crippen molar-refractivity contribution < 1.29 is 18.7 Å². The van der Waals surface area contributed by atoms with Crippen LogP contribution in [0.4, 0.5) is 9.18 Å². The van der Waals surface area contributed by atoms with E-state index in [1.165, 1.54) is 12.1 Å². The molecule has 7 heteroatoms. The second kappa shape index (κ2) is 8.54. The van der Waals surface area contributed by atoms with Crippen LogP contribution >= 0.6 is 0 Å². The van der Waals surface area contributed by atoms with Crippen LogP contribution in [0.15, 0.2) is 42.5 Å². The first-order valence-corrected chi connectivity index (χ1v) is 11.3. The smallest absolute Gasteiger partial charge is 0.410 e. The lowest BCUT2D eigenvalue weighted by Crippen LogP contribution is -2.53. The summed E-state index contributed by atoms with van der Waals surface area (Å²) >= 11 is 0. The maximum atomic E-state index is 13.6. The molecule has 0 unspecified atom stereocenters. The summed E-state index contributed by atoms with van der Waals surface area (Å²) in [5, 5.41) is 2.65. The van der Waals surface area contributed by atoms with E-state index in [2.05, 4.69) is 10.2 Å². The summed E-state index contributed by atoms with van der Waals surface area (Å²) < 4.78 is 19.7. The number of nitrogens with one attached hydrogen (secondary N) is 1. The van der Waals surface area contributed by atoms with Crippen LogP contribution in [0.2, 0.25) is 0 Å². The molecule has 0 aliphatic carbocycles. The van der Waals surface area contributed by atoms with E-state index >= 15 is 0 Å². The van der Waals surface area contributed by atoms with E-state index in [4.69, 9.17) is 4.74 Å². The van der Waals surface area contributed by atoms with Gasteiger partial charge in [0.15, 0.2) is 0 Å². The largest absolute Gasteiger partial charge is 0.444 e. The average Bonchev–Trinajstić information content (AvgIpc) is 2.83. The fraction of sp³-hybridized carbons (Fsp3) is 0.440. The Morgan fingerprint density at radius 3 is 2.47 bits per heavy atom. The van der Waals surface area contributed by atoms with E-state index < -0.39 is 0 Å². The number of hydrogen-bond donors (Lipinski definition) is 1. The lowest BCUT2D eigenvalue weighted by Gasteiger charge is -2.45.